The van der Waals surface area contributed by atoms with Gasteiger partial charge in [-0.1, -0.05) is 12.5 Å². The van der Waals surface area contributed by atoms with Crippen LogP contribution in [-0.4, -0.2) is 25.6 Å². The van der Waals surface area contributed by atoms with Crippen molar-refractivity contribution in [2.24, 2.45) is 0 Å². The number of carbonyl (C=O) groups excluding carboxylic acids is 1. The maximum absolute atomic E-state index is 11.9. The zero-order valence-electron chi connectivity index (χ0n) is 11.5. The quantitative estimate of drug-likeness (QED) is 0.842. The Morgan fingerprint density at radius 1 is 1.37 bits per heavy atom. The molecule has 0 aromatic heterocycles. The van der Waals surface area contributed by atoms with E-state index in [4.69, 9.17) is 4.74 Å². The van der Waals surface area contributed by atoms with Gasteiger partial charge in [0.1, 0.15) is 5.75 Å². The fourth-order valence-corrected chi connectivity index (χ4v) is 2.89. The molecule has 0 bridgehead atoms. The highest BCUT2D eigenvalue weighted by molar-refractivity contribution is 5.99. The number of carbonyl (C=O) groups is 1. The molecule has 4 nitrogen and oxygen atoms in total. The van der Waals surface area contributed by atoms with Gasteiger partial charge in [0.2, 0.25) is 0 Å². The van der Waals surface area contributed by atoms with Gasteiger partial charge in [0.05, 0.1) is 5.69 Å². The smallest absolute Gasteiger partial charge is 0.267 e. The molecule has 2 heterocycles. The van der Waals surface area contributed by atoms with Crippen molar-refractivity contribution in [2.45, 2.75) is 38.3 Å². The molecule has 3 rings (SSSR count). The van der Waals surface area contributed by atoms with Gasteiger partial charge in [0, 0.05) is 13.1 Å². The first kappa shape index (κ1) is 12.5. The summed E-state index contributed by atoms with van der Waals surface area (Å²) in [4.78, 5) is 13.5. The number of amides is 1. The zero-order chi connectivity index (χ0) is 13.4. The maximum Gasteiger partial charge on any atom is 0.267 e. The first-order valence-electron chi connectivity index (χ1n) is 6.98. The molecule has 4 heteroatoms. The lowest BCUT2D eigenvalue weighted by molar-refractivity contribution is -0.125. The van der Waals surface area contributed by atoms with Crippen molar-refractivity contribution < 1.29 is 9.53 Å². The Labute approximate surface area is 113 Å². The van der Waals surface area contributed by atoms with Crippen LogP contribution in [0.15, 0.2) is 18.2 Å². The molecule has 2 atom stereocenters. The minimum absolute atomic E-state index is 0.0102. The van der Waals surface area contributed by atoms with Crippen molar-refractivity contribution in [3.05, 3.63) is 23.8 Å². The Hall–Kier alpha value is -1.55. The SMILES string of the molecule is CC1Oc2cc(C3CCCCN3)ccc2N(C)C1=O. The van der Waals surface area contributed by atoms with Crippen LogP contribution in [0.1, 0.15) is 37.8 Å². The predicted octanol–water partition coefficient (Wildman–Crippen LogP) is 2.24. The molecule has 2 aliphatic heterocycles. The summed E-state index contributed by atoms with van der Waals surface area (Å²) in [5, 5.41) is 3.54. The number of piperidine rings is 1. The molecule has 0 aliphatic carbocycles. The molecule has 1 saturated heterocycles. The molecule has 102 valence electrons. The molecule has 2 unspecified atom stereocenters. The van der Waals surface area contributed by atoms with Gasteiger partial charge < -0.3 is 15.0 Å². The van der Waals surface area contributed by atoms with E-state index in [1.165, 1.54) is 24.8 Å². The van der Waals surface area contributed by atoms with E-state index in [9.17, 15) is 4.79 Å². The number of ether oxygens (including phenoxy) is 1. The molecule has 1 N–H and O–H groups in total. The van der Waals surface area contributed by atoms with Crippen LogP contribution in [-0.2, 0) is 4.79 Å². The standard InChI is InChI=1S/C15H20N2O2/c1-10-15(18)17(2)13-7-6-11(9-14(13)19-10)12-5-3-4-8-16-12/h6-7,9-10,12,16H,3-5,8H2,1-2H3. The Morgan fingerprint density at radius 3 is 2.95 bits per heavy atom. The van der Waals surface area contributed by atoms with Gasteiger partial charge in [-0.3, -0.25) is 4.79 Å². The summed E-state index contributed by atoms with van der Waals surface area (Å²) in [6.45, 7) is 2.88. The number of fused-ring (bicyclic) bond motifs is 1. The second-order valence-electron chi connectivity index (χ2n) is 5.39. The highest BCUT2D eigenvalue weighted by atomic mass is 16.5. The highest BCUT2D eigenvalue weighted by Crippen LogP contribution is 2.36. The molecular formula is C15H20N2O2. The first-order chi connectivity index (χ1) is 9.16. The first-order valence-corrected chi connectivity index (χ1v) is 6.98. The molecule has 0 saturated carbocycles. The molecule has 1 fully saturated rings. The van der Waals surface area contributed by atoms with Crippen molar-refractivity contribution in [1.82, 2.24) is 5.32 Å². The van der Waals surface area contributed by atoms with Gasteiger partial charge in [-0.2, -0.15) is 0 Å². The summed E-state index contributed by atoms with van der Waals surface area (Å²) < 4.78 is 5.73. The summed E-state index contributed by atoms with van der Waals surface area (Å²) in [7, 11) is 1.80. The van der Waals surface area contributed by atoms with Gasteiger partial charge in [0.15, 0.2) is 6.10 Å². The number of hydrogen-bond acceptors (Lipinski definition) is 3. The van der Waals surface area contributed by atoms with E-state index < -0.39 is 6.10 Å². The number of likely N-dealkylation sites (N-methyl/N-ethyl adjacent to an activating group) is 1. The number of nitrogens with one attached hydrogen (secondary N) is 1. The Kier molecular flexibility index (Phi) is 3.19. The Morgan fingerprint density at radius 2 is 2.21 bits per heavy atom. The van der Waals surface area contributed by atoms with Crippen LogP contribution in [0.4, 0.5) is 5.69 Å². The van der Waals surface area contributed by atoms with E-state index in [2.05, 4.69) is 17.4 Å². The van der Waals surface area contributed by atoms with Crippen LogP contribution in [0, 0.1) is 0 Å². The van der Waals surface area contributed by atoms with Gasteiger partial charge in [0.25, 0.3) is 5.91 Å². The van der Waals surface area contributed by atoms with E-state index >= 15 is 0 Å². The maximum atomic E-state index is 11.9. The third kappa shape index (κ3) is 2.21. The van der Waals surface area contributed by atoms with Gasteiger partial charge in [-0.15, -0.1) is 0 Å². The van der Waals surface area contributed by atoms with E-state index in [0.29, 0.717) is 6.04 Å². The van der Waals surface area contributed by atoms with E-state index in [0.717, 1.165) is 18.0 Å². The van der Waals surface area contributed by atoms with Crippen molar-refractivity contribution in [3.8, 4) is 5.75 Å². The highest BCUT2D eigenvalue weighted by Gasteiger charge is 2.29. The Balaban J connectivity index is 1.91. The fourth-order valence-electron chi connectivity index (χ4n) is 2.89. The summed E-state index contributed by atoms with van der Waals surface area (Å²) in [6, 6.07) is 6.59. The normalized spacial score (nSPS) is 26.8. The minimum atomic E-state index is -0.396. The van der Waals surface area contributed by atoms with Gasteiger partial charge in [-0.25, -0.2) is 0 Å². The number of nitrogens with zero attached hydrogens (tertiary/aromatic N) is 1. The lowest BCUT2D eigenvalue weighted by atomic mass is 9.96. The molecule has 1 aromatic rings. The lowest BCUT2D eigenvalue weighted by Gasteiger charge is -2.31. The second-order valence-corrected chi connectivity index (χ2v) is 5.39. The number of anilines is 1. The summed E-state index contributed by atoms with van der Waals surface area (Å²) in [5.74, 6) is 0.829. The van der Waals surface area contributed by atoms with Crippen molar-refractivity contribution in [2.75, 3.05) is 18.5 Å². The molecule has 1 amide bonds. The minimum Gasteiger partial charge on any atom is -0.479 e. The lowest BCUT2D eigenvalue weighted by Crippen LogP contribution is -2.42. The number of benzene rings is 1. The summed E-state index contributed by atoms with van der Waals surface area (Å²) in [6.07, 6.45) is 3.30. The van der Waals surface area contributed by atoms with Crippen LogP contribution in [0.2, 0.25) is 0 Å². The number of rotatable bonds is 1. The third-order valence-corrected chi connectivity index (χ3v) is 4.04. The van der Waals surface area contributed by atoms with Crippen LogP contribution >= 0.6 is 0 Å². The van der Waals surface area contributed by atoms with Crippen molar-refractivity contribution in [3.63, 3.8) is 0 Å². The topological polar surface area (TPSA) is 41.6 Å². The van der Waals surface area contributed by atoms with Gasteiger partial charge in [-0.05, 0) is 44.0 Å². The predicted molar refractivity (Wildman–Crippen MR) is 74.5 cm³/mol. The van der Waals surface area contributed by atoms with Gasteiger partial charge >= 0.3 is 0 Å². The largest absolute Gasteiger partial charge is 0.479 e. The van der Waals surface area contributed by atoms with E-state index in [-0.39, 0.29) is 5.91 Å². The van der Waals surface area contributed by atoms with Crippen molar-refractivity contribution in [1.29, 1.82) is 0 Å². The van der Waals surface area contributed by atoms with Crippen molar-refractivity contribution >= 4 is 11.6 Å². The molecule has 19 heavy (non-hydrogen) atoms. The fraction of sp³-hybridized carbons (Fsp3) is 0.533. The zero-order valence-corrected chi connectivity index (χ0v) is 11.5. The molecule has 2 aliphatic rings. The summed E-state index contributed by atoms with van der Waals surface area (Å²) >= 11 is 0. The molecule has 0 spiro atoms. The molecule has 0 radical (unpaired) electrons. The van der Waals surface area contributed by atoms with Crippen LogP contribution in [0.25, 0.3) is 0 Å². The second kappa shape index (κ2) is 4.85. The molecule has 1 aromatic carbocycles. The monoisotopic (exact) mass is 260 g/mol. The van der Waals surface area contributed by atoms with Crippen LogP contribution in [0.3, 0.4) is 0 Å². The average Bonchev–Trinajstić information content (AvgIpc) is 2.45. The number of hydrogen-bond donors (Lipinski definition) is 1. The Bertz CT molecular complexity index is 495. The van der Waals surface area contributed by atoms with Crippen LogP contribution < -0.4 is 15.0 Å². The van der Waals surface area contributed by atoms with E-state index in [1.807, 2.05) is 6.07 Å². The van der Waals surface area contributed by atoms with E-state index in [1.54, 1.807) is 18.9 Å². The summed E-state index contributed by atoms with van der Waals surface area (Å²) in [5.41, 5.74) is 2.12. The van der Waals surface area contributed by atoms with Crippen LogP contribution in [0.5, 0.6) is 5.75 Å². The molecular weight excluding hydrogens is 240 g/mol. The average molecular weight is 260 g/mol. The third-order valence-electron chi connectivity index (χ3n) is 4.04.